The molecule has 0 spiro atoms. The zero-order valence-electron chi connectivity index (χ0n) is 8.70. The van der Waals surface area contributed by atoms with Crippen molar-refractivity contribution in [3.8, 4) is 0 Å². The van der Waals surface area contributed by atoms with Gasteiger partial charge in [-0.15, -0.1) is 0 Å². The molecule has 3 N–H and O–H groups in total. The first kappa shape index (κ1) is 11.9. The van der Waals surface area contributed by atoms with Gasteiger partial charge in [0.25, 0.3) is 0 Å². The maximum absolute atomic E-state index is 10.7. The molecule has 5 heteroatoms. The molecule has 0 bridgehead atoms. The van der Waals surface area contributed by atoms with Crippen molar-refractivity contribution < 1.29 is 8.42 Å². The predicted octanol–water partition coefficient (Wildman–Crippen LogP) is 0.443. The topological polar surface area (TPSA) is 72.2 Å². The second-order valence-corrected chi connectivity index (χ2v) is 5.84. The van der Waals surface area contributed by atoms with Crippen molar-refractivity contribution in [1.29, 1.82) is 0 Å². The molecule has 0 aliphatic heterocycles. The second-order valence-electron chi connectivity index (χ2n) is 4.11. The molecule has 0 radical (unpaired) electrons. The van der Waals surface area contributed by atoms with Crippen molar-refractivity contribution in [3.63, 3.8) is 0 Å². The van der Waals surface area contributed by atoms with Gasteiger partial charge in [0.1, 0.15) is 0 Å². The fourth-order valence-electron chi connectivity index (χ4n) is 1.56. The normalized spacial score (nSPS) is 19.6. The second kappa shape index (κ2) is 5.09. The third-order valence-electron chi connectivity index (χ3n) is 2.63. The Morgan fingerprint density at radius 2 is 2.14 bits per heavy atom. The quantitative estimate of drug-likeness (QED) is 0.654. The van der Waals surface area contributed by atoms with Crippen LogP contribution >= 0.6 is 0 Å². The van der Waals surface area contributed by atoms with Gasteiger partial charge >= 0.3 is 0 Å². The lowest BCUT2D eigenvalue weighted by Crippen LogP contribution is -2.34. The van der Waals surface area contributed by atoms with Gasteiger partial charge in [-0.25, -0.2) is 13.6 Å². The maximum atomic E-state index is 10.7. The maximum Gasteiger partial charge on any atom is 0.210 e. The average Bonchev–Trinajstić information content (AvgIpc) is 2.84. The monoisotopic (exact) mass is 220 g/mol. The van der Waals surface area contributed by atoms with Crippen LogP contribution in [0, 0.1) is 5.92 Å². The molecule has 1 saturated carbocycles. The van der Waals surface area contributed by atoms with Gasteiger partial charge in [-0.3, -0.25) is 0 Å². The molecule has 0 amide bonds. The molecular weight excluding hydrogens is 200 g/mol. The van der Waals surface area contributed by atoms with E-state index in [2.05, 4.69) is 12.2 Å². The number of primary sulfonamides is 1. The predicted molar refractivity (Wildman–Crippen MR) is 57.4 cm³/mol. The molecule has 0 heterocycles. The first-order valence-corrected chi connectivity index (χ1v) is 6.96. The van der Waals surface area contributed by atoms with Gasteiger partial charge in [0, 0.05) is 12.6 Å². The summed E-state index contributed by atoms with van der Waals surface area (Å²) in [6.07, 6.45) is 4.92. The minimum absolute atomic E-state index is 0.0359. The molecule has 1 aliphatic carbocycles. The van der Waals surface area contributed by atoms with E-state index in [1.165, 1.54) is 19.3 Å². The minimum Gasteiger partial charge on any atom is -0.313 e. The molecule has 0 aromatic carbocycles. The van der Waals surface area contributed by atoms with Crippen LogP contribution in [0.3, 0.4) is 0 Å². The third-order valence-corrected chi connectivity index (χ3v) is 3.40. The van der Waals surface area contributed by atoms with E-state index >= 15 is 0 Å². The highest BCUT2D eigenvalue weighted by atomic mass is 32.2. The number of hydrogen-bond acceptors (Lipinski definition) is 3. The summed E-state index contributed by atoms with van der Waals surface area (Å²) in [6.45, 7) is 2.60. The molecule has 4 nitrogen and oxygen atoms in total. The summed E-state index contributed by atoms with van der Waals surface area (Å²) >= 11 is 0. The van der Waals surface area contributed by atoms with Gasteiger partial charge in [0.15, 0.2) is 0 Å². The van der Waals surface area contributed by atoms with Crippen LogP contribution < -0.4 is 10.5 Å². The fraction of sp³-hybridized carbons (Fsp3) is 1.00. The molecular formula is C9H20N2O2S. The van der Waals surface area contributed by atoms with Crippen molar-refractivity contribution in [2.45, 2.75) is 38.6 Å². The van der Waals surface area contributed by atoms with Gasteiger partial charge < -0.3 is 5.32 Å². The van der Waals surface area contributed by atoms with Gasteiger partial charge in [0.2, 0.25) is 10.0 Å². The molecule has 1 atom stereocenters. The summed E-state index contributed by atoms with van der Waals surface area (Å²) in [5, 5.41) is 8.15. The van der Waals surface area contributed by atoms with E-state index in [0.29, 0.717) is 12.6 Å². The number of nitrogens with one attached hydrogen (secondary N) is 1. The highest BCUT2D eigenvalue weighted by Crippen LogP contribution is 2.33. The van der Waals surface area contributed by atoms with Crippen LogP contribution in [0.15, 0.2) is 0 Å². The van der Waals surface area contributed by atoms with Crippen molar-refractivity contribution in [3.05, 3.63) is 0 Å². The van der Waals surface area contributed by atoms with Crippen LogP contribution in [-0.2, 0) is 10.0 Å². The van der Waals surface area contributed by atoms with E-state index in [0.717, 1.165) is 12.3 Å². The first-order valence-electron chi connectivity index (χ1n) is 5.25. The molecule has 0 saturated heterocycles. The first-order chi connectivity index (χ1) is 6.51. The van der Waals surface area contributed by atoms with Crippen LogP contribution in [0.25, 0.3) is 0 Å². The Morgan fingerprint density at radius 3 is 2.57 bits per heavy atom. The number of nitrogens with two attached hydrogens (primary N) is 1. The molecule has 14 heavy (non-hydrogen) atoms. The number of hydrogen-bond donors (Lipinski definition) is 2. The largest absolute Gasteiger partial charge is 0.313 e. The Morgan fingerprint density at radius 1 is 1.50 bits per heavy atom. The van der Waals surface area contributed by atoms with E-state index < -0.39 is 10.0 Å². The number of rotatable bonds is 7. The Bertz CT molecular complexity index is 260. The lowest BCUT2D eigenvalue weighted by Gasteiger charge is -2.15. The third kappa shape index (κ3) is 5.57. The zero-order valence-corrected chi connectivity index (χ0v) is 9.52. The van der Waals surface area contributed by atoms with Gasteiger partial charge in [-0.2, -0.15) is 0 Å². The van der Waals surface area contributed by atoms with E-state index in [1.54, 1.807) is 0 Å². The lowest BCUT2D eigenvalue weighted by atomic mass is 10.1. The highest BCUT2D eigenvalue weighted by Gasteiger charge is 2.24. The minimum atomic E-state index is -3.30. The number of sulfonamides is 1. The van der Waals surface area contributed by atoms with Gasteiger partial charge in [-0.05, 0) is 18.8 Å². The molecule has 1 fully saturated rings. The van der Waals surface area contributed by atoms with Crippen LogP contribution in [0.5, 0.6) is 0 Å². The van der Waals surface area contributed by atoms with Crippen molar-refractivity contribution in [1.82, 2.24) is 5.32 Å². The Labute approximate surface area is 86.3 Å². The lowest BCUT2D eigenvalue weighted by molar-refractivity contribution is 0.456. The molecule has 1 rings (SSSR count). The molecule has 1 aliphatic rings. The summed E-state index contributed by atoms with van der Waals surface area (Å²) in [5.41, 5.74) is 0. The van der Waals surface area contributed by atoms with Crippen molar-refractivity contribution >= 4 is 10.0 Å². The van der Waals surface area contributed by atoms with E-state index in [1.807, 2.05) is 0 Å². The SMILES string of the molecule is CCC(CC1CC1)NCCS(N)(=O)=O. The fourth-order valence-corrected chi connectivity index (χ4v) is 1.96. The van der Waals surface area contributed by atoms with E-state index in [4.69, 9.17) is 5.14 Å². The van der Waals surface area contributed by atoms with Crippen LogP contribution in [-0.4, -0.2) is 26.8 Å². The van der Waals surface area contributed by atoms with Crippen LogP contribution in [0.2, 0.25) is 0 Å². The highest BCUT2D eigenvalue weighted by molar-refractivity contribution is 7.89. The van der Waals surface area contributed by atoms with Gasteiger partial charge in [0.05, 0.1) is 5.75 Å². The summed E-state index contributed by atoms with van der Waals surface area (Å²) < 4.78 is 21.3. The average molecular weight is 220 g/mol. The van der Waals surface area contributed by atoms with E-state index in [9.17, 15) is 8.42 Å². The Balaban J connectivity index is 2.13. The van der Waals surface area contributed by atoms with Gasteiger partial charge in [-0.1, -0.05) is 19.8 Å². The van der Waals surface area contributed by atoms with Crippen LogP contribution in [0.4, 0.5) is 0 Å². The van der Waals surface area contributed by atoms with Crippen molar-refractivity contribution in [2.24, 2.45) is 11.1 Å². The zero-order chi connectivity index (χ0) is 10.6. The summed E-state index contributed by atoms with van der Waals surface area (Å²) in [4.78, 5) is 0. The molecule has 0 aromatic heterocycles. The standard InChI is InChI=1S/C9H20N2O2S/c1-2-9(7-8-3-4-8)11-5-6-14(10,12)13/h8-9,11H,2-7H2,1H3,(H2,10,12,13). The summed E-state index contributed by atoms with van der Waals surface area (Å²) in [7, 11) is -3.30. The summed E-state index contributed by atoms with van der Waals surface area (Å²) in [5.74, 6) is 0.913. The molecule has 0 aromatic rings. The van der Waals surface area contributed by atoms with E-state index in [-0.39, 0.29) is 5.75 Å². The van der Waals surface area contributed by atoms with Crippen molar-refractivity contribution in [2.75, 3.05) is 12.3 Å². The Hall–Kier alpha value is -0.130. The van der Waals surface area contributed by atoms with Crippen LogP contribution in [0.1, 0.15) is 32.6 Å². The Kier molecular flexibility index (Phi) is 4.34. The molecule has 1 unspecified atom stereocenters. The summed E-state index contributed by atoms with van der Waals surface area (Å²) in [6, 6.07) is 0.462. The smallest absolute Gasteiger partial charge is 0.210 e. The molecule has 84 valence electrons.